The van der Waals surface area contributed by atoms with Crippen LogP contribution in [0.3, 0.4) is 0 Å². The van der Waals surface area contributed by atoms with E-state index in [0.717, 1.165) is 37.7 Å². The molecule has 1 aliphatic rings. The molecule has 0 aliphatic heterocycles. The Kier molecular flexibility index (Phi) is 6.00. The zero-order chi connectivity index (χ0) is 16.1. The maximum atomic E-state index is 12.2. The molecule has 0 saturated heterocycles. The molecule has 1 N–H and O–H groups in total. The molecule has 2 atom stereocenters. The van der Waals surface area contributed by atoms with Gasteiger partial charge >= 0.3 is 5.97 Å². The van der Waals surface area contributed by atoms with Gasteiger partial charge in [-0.15, -0.1) is 11.3 Å². The van der Waals surface area contributed by atoms with Gasteiger partial charge in [-0.2, -0.15) is 0 Å². The standard InChI is InChI=1S/C17H25NO3S/c1-4-5-12(3)18-16(19)9-21-17(20)14-10-22-15-8-11(2)6-7-13(14)15/h10-12H,4-9H2,1-3H3,(H,18,19)/t11-,12+/m1/s1. The van der Waals surface area contributed by atoms with Gasteiger partial charge in [0, 0.05) is 16.3 Å². The smallest absolute Gasteiger partial charge is 0.339 e. The molecule has 0 unspecified atom stereocenters. The van der Waals surface area contributed by atoms with Crippen LogP contribution in [-0.2, 0) is 22.4 Å². The molecule has 0 spiro atoms. The number of nitrogens with one attached hydrogen (secondary N) is 1. The van der Waals surface area contributed by atoms with Crippen molar-refractivity contribution in [3.63, 3.8) is 0 Å². The summed E-state index contributed by atoms with van der Waals surface area (Å²) in [5, 5.41) is 4.71. The summed E-state index contributed by atoms with van der Waals surface area (Å²) in [5.41, 5.74) is 1.79. The summed E-state index contributed by atoms with van der Waals surface area (Å²) in [5.74, 6) is 0.0817. The first-order valence-electron chi connectivity index (χ1n) is 8.07. The first kappa shape index (κ1) is 17.0. The van der Waals surface area contributed by atoms with Crippen molar-refractivity contribution in [1.29, 1.82) is 0 Å². The number of fused-ring (bicyclic) bond motifs is 1. The number of amides is 1. The molecule has 0 saturated carbocycles. The number of carbonyl (C=O) groups is 2. The molecular formula is C17H25NO3S. The van der Waals surface area contributed by atoms with E-state index >= 15 is 0 Å². The number of carbonyl (C=O) groups excluding carboxylic acids is 2. The largest absolute Gasteiger partial charge is 0.452 e. The third-order valence-corrected chi connectivity index (χ3v) is 5.14. The molecule has 1 aromatic rings. The van der Waals surface area contributed by atoms with Crippen molar-refractivity contribution >= 4 is 23.2 Å². The zero-order valence-corrected chi connectivity index (χ0v) is 14.4. The minimum absolute atomic E-state index is 0.117. The highest BCUT2D eigenvalue weighted by molar-refractivity contribution is 7.10. The highest BCUT2D eigenvalue weighted by Crippen LogP contribution is 2.33. The quantitative estimate of drug-likeness (QED) is 0.817. The number of thiophene rings is 1. The van der Waals surface area contributed by atoms with Gasteiger partial charge in [-0.3, -0.25) is 4.79 Å². The molecule has 0 bridgehead atoms. The number of rotatable bonds is 6. The normalized spacial score (nSPS) is 18.4. The number of hydrogen-bond acceptors (Lipinski definition) is 4. The van der Waals surface area contributed by atoms with E-state index in [1.807, 2.05) is 12.3 Å². The van der Waals surface area contributed by atoms with Crippen LogP contribution in [0.2, 0.25) is 0 Å². The van der Waals surface area contributed by atoms with Crippen LogP contribution in [0, 0.1) is 5.92 Å². The molecule has 1 amide bonds. The highest BCUT2D eigenvalue weighted by atomic mass is 32.1. The van der Waals surface area contributed by atoms with E-state index < -0.39 is 0 Å². The Labute approximate surface area is 136 Å². The van der Waals surface area contributed by atoms with E-state index in [1.54, 1.807) is 11.3 Å². The van der Waals surface area contributed by atoms with Crippen molar-refractivity contribution in [3.05, 3.63) is 21.4 Å². The van der Waals surface area contributed by atoms with E-state index in [-0.39, 0.29) is 24.5 Å². The van der Waals surface area contributed by atoms with Crippen molar-refractivity contribution in [3.8, 4) is 0 Å². The Morgan fingerprint density at radius 2 is 2.27 bits per heavy atom. The lowest BCUT2D eigenvalue weighted by Crippen LogP contribution is -2.35. The van der Waals surface area contributed by atoms with Gasteiger partial charge in [-0.1, -0.05) is 20.3 Å². The third kappa shape index (κ3) is 4.32. The molecule has 122 valence electrons. The minimum Gasteiger partial charge on any atom is -0.452 e. The maximum absolute atomic E-state index is 12.2. The van der Waals surface area contributed by atoms with Crippen LogP contribution in [0.25, 0.3) is 0 Å². The number of esters is 1. The first-order valence-corrected chi connectivity index (χ1v) is 8.95. The van der Waals surface area contributed by atoms with Gasteiger partial charge in [-0.05, 0) is 44.1 Å². The van der Waals surface area contributed by atoms with Crippen LogP contribution < -0.4 is 5.32 Å². The summed E-state index contributed by atoms with van der Waals surface area (Å²) >= 11 is 1.63. The van der Waals surface area contributed by atoms with Crippen molar-refractivity contribution in [2.24, 2.45) is 5.92 Å². The van der Waals surface area contributed by atoms with Gasteiger partial charge in [0.2, 0.25) is 0 Å². The molecule has 0 aromatic carbocycles. The highest BCUT2D eigenvalue weighted by Gasteiger charge is 2.24. The van der Waals surface area contributed by atoms with Crippen molar-refractivity contribution in [2.75, 3.05) is 6.61 Å². The van der Waals surface area contributed by atoms with Crippen molar-refractivity contribution < 1.29 is 14.3 Å². The van der Waals surface area contributed by atoms with Crippen LogP contribution in [0.1, 0.15) is 60.8 Å². The molecule has 1 heterocycles. The average molecular weight is 323 g/mol. The van der Waals surface area contributed by atoms with Crippen LogP contribution >= 0.6 is 11.3 Å². The van der Waals surface area contributed by atoms with E-state index in [4.69, 9.17) is 4.74 Å². The predicted octanol–water partition coefficient (Wildman–Crippen LogP) is 3.33. The second-order valence-electron chi connectivity index (χ2n) is 6.23. The Balaban J connectivity index is 1.87. The van der Waals surface area contributed by atoms with Gasteiger partial charge in [0.25, 0.3) is 5.91 Å². The molecule has 4 nitrogen and oxygen atoms in total. The second-order valence-corrected chi connectivity index (χ2v) is 7.20. The summed E-state index contributed by atoms with van der Waals surface area (Å²) in [6.45, 7) is 6.07. The molecule has 5 heteroatoms. The van der Waals surface area contributed by atoms with Gasteiger partial charge < -0.3 is 10.1 Å². The summed E-state index contributed by atoms with van der Waals surface area (Å²) in [6.07, 6.45) is 5.03. The Morgan fingerprint density at radius 1 is 1.50 bits per heavy atom. The summed E-state index contributed by atoms with van der Waals surface area (Å²) in [7, 11) is 0. The Morgan fingerprint density at radius 3 is 3.00 bits per heavy atom. The van der Waals surface area contributed by atoms with E-state index in [1.165, 1.54) is 4.88 Å². The van der Waals surface area contributed by atoms with E-state index in [9.17, 15) is 9.59 Å². The van der Waals surface area contributed by atoms with Gasteiger partial charge in [0.05, 0.1) is 5.56 Å². The lowest BCUT2D eigenvalue weighted by Gasteiger charge is -2.18. The molecule has 1 aromatic heterocycles. The summed E-state index contributed by atoms with van der Waals surface area (Å²) in [6, 6.07) is 0.117. The molecule has 0 fully saturated rings. The molecular weight excluding hydrogens is 298 g/mol. The lowest BCUT2D eigenvalue weighted by atomic mass is 9.88. The Bertz CT molecular complexity index is 538. The number of hydrogen-bond donors (Lipinski definition) is 1. The van der Waals surface area contributed by atoms with Gasteiger partial charge in [0.15, 0.2) is 6.61 Å². The summed E-state index contributed by atoms with van der Waals surface area (Å²) < 4.78 is 5.18. The van der Waals surface area contributed by atoms with E-state index in [2.05, 4.69) is 19.2 Å². The topological polar surface area (TPSA) is 55.4 Å². The zero-order valence-electron chi connectivity index (χ0n) is 13.6. The van der Waals surface area contributed by atoms with Crippen molar-refractivity contribution in [2.45, 2.75) is 58.9 Å². The van der Waals surface area contributed by atoms with E-state index in [0.29, 0.717) is 11.5 Å². The predicted molar refractivity (Wildman–Crippen MR) is 88.3 cm³/mol. The SMILES string of the molecule is CCC[C@H](C)NC(=O)COC(=O)c1csc2c1CC[C@@H](C)C2. The molecule has 0 radical (unpaired) electrons. The maximum Gasteiger partial charge on any atom is 0.339 e. The first-order chi connectivity index (χ1) is 10.5. The fourth-order valence-electron chi connectivity index (χ4n) is 2.88. The Hall–Kier alpha value is -1.36. The average Bonchev–Trinajstić information content (AvgIpc) is 2.87. The lowest BCUT2D eigenvalue weighted by molar-refractivity contribution is -0.124. The molecule has 22 heavy (non-hydrogen) atoms. The minimum atomic E-state index is -0.370. The summed E-state index contributed by atoms with van der Waals surface area (Å²) in [4.78, 5) is 25.2. The van der Waals surface area contributed by atoms with Gasteiger partial charge in [-0.25, -0.2) is 4.79 Å². The fraction of sp³-hybridized carbons (Fsp3) is 0.647. The third-order valence-electron chi connectivity index (χ3n) is 4.09. The molecule has 2 rings (SSSR count). The number of ether oxygens (including phenoxy) is 1. The van der Waals surface area contributed by atoms with Crippen LogP contribution in [-0.4, -0.2) is 24.5 Å². The second kappa shape index (κ2) is 7.77. The molecule has 1 aliphatic carbocycles. The van der Waals surface area contributed by atoms with Crippen LogP contribution in [0.4, 0.5) is 0 Å². The van der Waals surface area contributed by atoms with Gasteiger partial charge in [0.1, 0.15) is 0 Å². The van der Waals surface area contributed by atoms with Crippen LogP contribution in [0.15, 0.2) is 5.38 Å². The van der Waals surface area contributed by atoms with Crippen molar-refractivity contribution in [1.82, 2.24) is 5.32 Å². The fourth-order valence-corrected chi connectivity index (χ4v) is 4.11. The monoisotopic (exact) mass is 323 g/mol. The van der Waals surface area contributed by atoms with Crippen LogP contribution in [0.5, 0.6) is 0 Å².